The number of aliphatic hydroxyl groups excluding tert-OH is 1. The first-order valence-corrected chi connectivity index (χ1v) is 18.8. The summed E-state index contributed by atoms with van der Waals surface area (Å²) in [5.74, 6) is -0.978. The summed E-state index contributed by atoms with van der Waals surface area (Å²) in [5.41, 5.74) is 2.06. The Balaban J connectivity index is 1.42. The second kappa shape index (κ2) is 19.0. The van der Waals surface area contributed by atoms with E-state index in [9.17, 15) is 19.5 Å². The molecule has 0 aromatic heterocycles. The Bertz CT molecular complexity index is 1870. The van der Waals surface area contributed by atoms with Gasteiger partial charge >= 0.3 is 0 Å². The molecule has 1 unspecified atom stereocenters. The number of hydrogen-bond acceptors (Lipinski definition) is 5. The van der Waals surface area contributed by atoms with Gasteiger partial charge in [-0.15, -0.1) is 0 Å². The van der Waals surface area contributed by atoms with E-state index in [2.05, 4.69) is 59.3 Å². The first-order chi connectivity index (χ1) is 25.6. The van der Waals surface area contributed by atoms with Gasteiger partial charge in [0.1, 0.15) is 5.75 Å². The third kappa shape index (κ3) is 11.1. The van der Waals surface area contributed by atoms with E-state index in [4.69, 9.17) is 4.74 Å². The van der Waals surface area contributed by atoms with Crippen molar-refractivity contribution in [2.24, 2.45) is 17.8 Å². The summed E-state index contributed by atoms with van der Waals surface area (Å²) < 4.78 is 6.18. The number of fused-ring (bicyclic) bond motifs is 2. The van der Waals surface area contributed by atoms with E-state index in [1.165, 1.54) is 0 Å². The van der Waals surface area contributed by atoms with Crippen molar-refractivity contribution in [1.29, 1.82) is 0 Å². The molecule has 0 aliphatic rings. The quantitative estimate of drug-likeness (QED) is 0.0708. The van der Waals surface area contributed by atoms with Crippen molar-refractivity contribution < 1.29 is 24.2 Å². The topological polar surface area (TPSA) is 117 Å². The molecule has 0 saturated carbocycles. The van der Waals surface area contributed by atoms with Gasteiger partial charge in [0.05, 0.1) is 18.6 Å². The Kier molecular flexibility index (Phi) is 14.0. The van der Waals surface area contributed by atoms with Crippen LogP contribution in [0.2, 0.25) is 0 Å². The Hall–Kier alpha value is -5.21. The number of para-hydroxylation sites is 1. The number of aliphatic hydroxyl groups is 1. The highest BCUT2D eigenvalue weighted by molar-refractivity contribution is 5.91. The van der Waals surface area contributed by atoms with E-state index in [0.29, 0.717) is 37.5 Å². The maximum Gasteiger partial charge on any atom is 0.282 e. The lowest BCUT2D eigenvalue weighted by molar-refractivity contribution is -0.138. The predicted octanol–water partition coefficient (Wildman–Crippen LogP) is 7.36. The molecule has 5 rings (SSSR count). The molecule has 0 bridgehead atoms. The van der Waals surface area contributed by atoms with Crippen LogP contribution in [0.4, 0.5) is 0 Å². The molecular weight excluding hydrogens is 663 g/mol. The molecule has 0 saturated heterocycles. The van der Waals surface area contributed by atoms with Crippen LogP contribution in [0.3, 0.4) is 0 Å². The van der Waals surface area contributed by atoms with Gasteiger partial charge in [-0.1, -0.05) is 137 Å². The van der Waals surface area contributed by atoms with Crippen molar-refractivity contribution in [1.82, 2.24) is 16.0 Å². The van der Waals surface area contributed by atoms with Crippen LogP contribution in [0.15, 0.2) is 115 Å². The van der Waals surface area contributed by atoms with Gasteiger partial charge < -0.3 is 25.8 Å². The van der Waals surface area contributed by atoms with Crippen LogP contribution in [0.1, 0.15) is 58.1 Å². The minimum atomic E-state index is -1.41. The maximum atomic E-state index is 14.6. The van der Waals surface area contributed by atoms with Crippen LogP contribution in [0, 0.1) is 17.8 Å². The van der Waals surface area contributed by atoms with Crippen molar-refractivity contribution in [3.8, 4) is 5.75 Å². The fourth-order valence-corrected chi connectivity index (χ4v) is 6.68. The van der Waals surface area contributed by atoms with Gasteiger partial charge in [-0.05, 0) is 75.9 Å². The predicted molar refractivity (Wildman–Crippen MR) is 212 cm³/mol. The van der Waals surface area contributed by atoms with Crippen LogP contribution in [0.25, 0.3) is 21.5 Å². The molecular formula is C45H53N3O5. The summed E-state index contributed by atoms with van der Waals surface area (Å²) in [6.45, 7) is 8.59. The third-order valence-electron chi connectivity index (χ3n) is 9.83. The molecule has 0 fully saturated rings. The van der Waals surface area contributed by atoms with Gasteiger partial charge in [0, 0.05) is 12.5 Å². The summed E-state index contributed by atoms with van der Waals surface area (Å²) in [5, 5.41) is 24.3. The highest BCUT2D eigenvalue weighted by atomic mass is 16.5. The number of benzene rings is 5. The van der Waals surface area contributed by atoms with Crippen molar-refractivity contribution in [3.63, 3.8) is 0 Å². The van der Waals surface area contributed by atoms with Crippen LogP contribution in [-0.4, -0.2) is 47.7 Å². The van der Waals surface area contributed by atoms with Gasteiger partial charge in [0.15, 0.2) is 0 Å². The van der Waals surface area contributed by atoms with Crippen molar-refractivity contribution >= 4 is 39.3 Å². The molecule has 5 aromatic rings. The summed E-state index contributed by atoms with van der Waals surface area (Å²) in [6.07, 6.45) is -0.517. The van der Waals surface area contributed by atoms with Crippen molar-refractivity contribution in [2.45, 2.75) is 78.2 Å². The van der Waals surface area contributed by atoms with Crippen LogP contribution < -0.4 is 20.7 Å². The van der Waals surface area contributed by atoms with Crippen molar-refractivity contribution in [2.75, 3.05) is 6.54 Å². The second-order valence-corrected chi connectivity index (χ2v) is 14.5. The lowest BCUT2D eigenvalue weighted by Crippen LogP contribution is -2.56. The zero-order chi connectivity index (χ0) is 37.7. The fourth-order valence-electron chi connectivity index (χ4n) is 6.68. The normalized spacial score (nSPS) is 13.7. The molecule has 0 heterocycles. The maximum absolute atomic E-state index is 14.6. The fraction of sp³-hybridized carbons (Fsp3) is 0.356. The van der Waals surface area contributed by atoms with E-state index in [-0.39, 0.29) is 24.2 Å². The molecule has 3 amide bonds. The van der Waals surface area contributed by atoms with Gasteiger partial charge in [-0.3, -0.25) is 14.4 Å². The van der Waals surface area contributed by atoms with E-state index >= 15 is 0 Å². The second-order valence-electron chi connectivity index (χ2n) is 14.5. The van der Waals surface area contributed by atoms with Crippen molar-refractivity contribution in [3.05, 3.63) is 126 Å². The van der Waals surface area contributed by atoms with E-state index in [1.54, 1.807) is 24.3 Å². The first kappa shape index (κ1) is 39.0. The van der Waals surface area contributed by atoms with Gasteiger partial charge in [-0.2, -0.15) is 0 Å². The molecule has 278 valence electrons. The third-order valence-corrected chi connectivity index (χ3v) is 9.83. The smallest absolute Gasteiger partial charge is 0.282 e. The number of hydrogen-bond donors (Lipinski definition) is 4. The molecule has 0 spiro atoms. The number of nitrogens with one attached hydrogen (secondary N) is 3. The Morgan fingerprint density at radius 3 is 1.79 bits per heavy atom. The average molecular weight is 716 g/mol. The number of ether oxygens (including phenoxy) is 1. The standard InChI is InChI=1S/C45H53N3O5/c1-5-31(4)29-46-42(50)28-41(49)40(25-30(2)3)47-44(52)45(53-37-21-7-6-8-22-37)48-43(51)36(26-34-19-13-17-32-15-9-11-23-38(32)34)27-35-20-14-18-33-16-10-12-24-39(33)35/h6-24,30-31,36,40-41,45,49H,5,25-29H2,1-4H3,(H,46,50)(H,47,52)(H,48,51)/t31-,40-,41+,45?/m0/s1. The zero-order valence-corrected chi connectivity index (χ0v) is 31.3. The minimum Gasteiger partial charge on any atom is -0.461 e. The summed E-state index contributed by atoms with van der Waals surface area (Å²) in [7, 11) is 0. The van der Waals surface area contributed by atoms with Gasteiger partial charge in [-0.25, -0.2) is 0 Å². The van der Waals surface area contributed by atoms with Crippen LogP contribution in [0.5, 0.6) is 5.75 Å². The summed E-state index contributed by atoms with van der Waals surface area (Å²) in [6, 6.07) is 36.6. The van der Waals surface area contributed by atoms with Gasteiger partial charge in [0.25, 0.3) is 12.1 Å². The van der Waals surface area contributed by atoms with Crippen LogP contribution >= 0.6 is 0 Å². The molecule has 0 radical (unpaired) electrons. The molecule has 53 heavy (non-hydrogen) atoms. The molecule has 0 aliphatic carbocycles. The lowest BCUT2D eigenvalue weighted by Gasteiger charge is -2.29. The van der Waals surface area contributed by atoms with E-state index in [0.717, 1.165) is 39.1 Å². The average Bonchev–Trinajstić information content (AvgIpc) is 3.16. The number of carbonyl (C=O) groups is 3. The van der Waals surface area contributed by atoms with Crippen LogP contribution in [-0.2, 0) is 27.2 Å². The number of rotatable bonds is 18. The molecule has 4 N–H and O–H groups in total. The molecule has 0 aliphatic heterocycles. The Labute approximate surface area is 313 Å². The Morgan fingerprint density at radius 1 is 0.679 bits per heavy atom. The monoisotopic (exact) mass is 715 g/mol. The zero-order valence-electron chi connectivity index (χ0n) is 31.3. The first-order valence-electron chi connectivity index (χ1n) is 18.8. The largest absolute Gasteiger partial charge is 0.461 e. The summed E-state index contributed by atoms with van der Waals surface area (Å²) >= 11 is 0. The summed E-state index contributed by atoms with van der Waals surface area (Å²) in [4.78, 5) is 41.4. The molecule has 4 atom stereocenters. The van der Waals surface area contributed by atoms with Gasteiger partial charge in [0.2, 0.25) is 11.8 Å². The lowest BCUT2D eigenvalue weighted by atomic mass is 9.88. The Morgan fingerprint density at radius 2 is 1.23 bits per heavy atom. The van der Waals surface area contributed by atoms with E-state index in [1.807, 2.05) is 75.4 Å². The number of carbonyl (C=O) groups excluding carboxylic acids is 3. The highest BCUT2D eigenvalue weighted by Crippen LogP contribution is 2.27. The van der Waals surface area contributed by atoms with E-state index < -0.39 is 30.2 Å². The molecule has 8 heteroatoms. The number of amides is 3. The molecule has 8 nitrogen and oxygen atoms in total. The minimum absolute atomic E-state index is 0.104. The highest BCUT2D eigenvalue weighted by Gasteiger charge is 2.32. The molecule has 5 aromatic carbocycles. The SMILES string of the molecule is CC[C@H](C)CNC(=O)C[C@@H](O)[C@H](CC(C)C)NC(=O)C(NC(=O)C(Cc1cccc2ccccc12)Cc1cccc2ccccc12)Oc1ccccc1.